The summed E-state index contributed by atoms with van der Waals surface area (Å²) in [6, 6.07) is -0.525. The molecule has 0 spiro atoms. The summed E-state index contributed by atoms with van der Waals surface area (Å²) >= 11 is 0. The van der Waals surface area contributed by atoms with Gasteiger partial charge >= 0.3 is 0 Å². The molecule has 18 heavy (non-hydrogen) atoms. The van der Waals surface area contributed by atoms with E-state index in [0.717, 1.165) is 0 Å². The van der Waals surface area contributed by atoms with Crippen LogP contribution < -0.4 is 5.32 Å². The predicted molar refractivity (Wildman–Crippen MR) is 66.1 cm³/mol. The lowest BCUT2D eigenvalue weighted by Gasteiger charge is -2.20. The molecule has 0 aromatic heterocycles. The van der Waals surface area contributed by atoms with E-state index in [1.165, 1.54) is 4.90 Å². The van der Waals surface area contributed by atoms with Crippen molar-refractivity contribution in [1.29, 1.82) is 0 Å². The number of hydrogen-bond acceptors (Lipinski definition) is 5. The summed E-state index contributed by atoms with van der Waals surface area (Å²) in [7, 11) is 3.18. The first-order chi connectivity index (χ1) is 8.51. The number of nitrogens with zero attached hydrogens (tertiary/aromatic N) is 1. The Labute approximate surface area is 108 Å². The Bertz CT molecular complexity index is 306. The number of imide groups is 1. The minimum atomic E-state index is -0.436. The largest absolute Gasteiger partial charge is 0.382 e. The number of carbonyl (C=O) groups is 2. The van der Waals surface area contributed by atoms with Crippen molar-refractivity contribution in [2.75, 3.05) is 27.4 Å². The number of methoxy groups -OCH3 is 2. The number of nitrogens with one attached hydrogen (secondary N) is 1. The molecule has 0 saturated carbocycles. The molecule has 1 saturated heterocycles. The van der Waals surface area contributed by atoms with Crippen LogP contribution in [0.3, 0.4) is 0 Å². The van der Waals surface area contributed by atoms with Crippen molar-refractivity contribution in [1.82, 2.24) is 10.2 Å². The summed E-state index contributed by atoms with van der Waals surface area (Å²) < 4.78 is 10.2. The Morgan fingerprint density at radius 1 is 1.39 bits per heavy atom. The third-order valence-corrected chi connectivity index (χ3v) is 2.98. The van der Waals surface area contributed by atoms with Crippen molar-refractivity contribution >= 4 is 11.8 Å². The van der Waals surface area contributed by atoms with E-state index in [2.05, 4.69) is 5.32 Å². The minimum Gasteiger partial charge on any atom is -0.382 e. The first-order valence-electron chi connectivity index (χ1n) is 6.12. The molecular weight excluding hydrogens is 236 g/mol. The van der Waals surface area contributed by atoms with Gasteiger partial charge in [-0.1, -0.05) is 0 Å². The fourth-order valence-electron chi connectivity index (χ4n) is 2.02. The van der Waals surface area contributed by atoms with Crippen molar-refractivity contribution in [2.45, 2.75) is 38.5 Å². The molecule has 0 aliphatic carbocycles. The number of rotatable bonds is 7. The molecule has 2 atom stereocenters. The lowest BCUT2D eigenvalue weighted by atomic mass is 10.2. The zero-order valence-electron chi connectivity index (χ0n) is 11.4. The van der Waals surface area contributed by atoms with Crippen LogP contribution in [-0.4, -0.2) is 62.3 Å². The Kier molecular flexibility index (Phi) is 5.71. The molecule has 1 rings (SSSR count). The maximum Gasteiger partial charge on any atom is 0.247 e. The zero-order valence-corrected chi connectivity index (χ0v) is 11.4. The molecule has 0 aromatic carbocycles. The number of amides is 2. The normalized spacial score (nSPS) is 22.1. The van der Waals surface area contributed by atoms with Crippen LogP contribution in [0.1, 0.15) is 20.3 Å². The van der Waals surface area contributed by atoms with Gasteiger partial charge in [-0.15, -0.1) is 0 Å². The fourth-order valence-corrected chi connectivity index (χ4v) is 2.02. The van der Waals surface area contributed by atoms with Crippen LogP contribution in [0, 0.1) is 0 Å². The van der Waals surface area contributed by atoms with Gasteiger partial charge in [0.1, 0.15) is 0 Å². The second-order valence-electron chi connectivity index (χ2n) is 4.67. The molecule has 1 fully saturated rings. The van der Waals surface area contributed by atoms with E-state index >= 15 is 0 Å². The molecular formula is C12H22N2O4. The molecule has 6 nitrogen and oxygen atoms in total. The average Bonchev–Trinajstić information content (AvgIpc) is 2.59. The maximum atomic E-state index is 12.0. The van der Waals surface area contributed by atoms with Crippen LogP contribution in [0.4, 0.5) is 0 Å². The number of likely N-dealkylation sites (tertiary alicyclic amines) is 1. The minimum absolute atomic E-state index is 0.0889. The van der Waals surface area contributed by atoms with Gasteiger partial charge in [0, 0.05) is 26.8 Å². The lowest BCUT2D eigenvalue weighted by molar-refractivity contribution is -0.140. The van der Waals surface area contributed by atoms with Crippen LogP contribution in [0.5, 0.6) is 0 Å². The molecule has 0 aromatic rings. The molecule has 104 valence electrons. The number of hydrogen-bond donors (Lipinski definition) is 1. The highest BCUT2D eigenvalue weighted by Crippen LogP contribution is 2.16. The van der Waals surface area contributed by atoms with Gasteiger partial charge in [0.05, 0.1) is 25.2 Å². The van der Waals surface area contributed by atoms with Crippen molar-refractivity contribution in [3.05, 3.63) is 0 Å². The van der Waals surface area contributed by atoms with Gasteiger partial charge in [-0.3, -0.25) is 14.5 Å². The van der Waals surface area contributed by atoms with Crippen LogP contribution in [0.2, 0.25) is 0 Å². The smallest absolute Gasteiger partial charge is 0.247 e. The third-order valence-electron chi connectivity index (χ3n) is 2.98. The zero-order chi connectivity index (χ0) is 13.7. The molecule has 2 unspecified atom stereocenters. The van der Waals surface area contributed by atoms with Crippen LogP contribution in [0.15, 0.2) is 0 Å². The Morgan fingerprint density at radius 2 is 2.06 bits per heavy atom. The van der Waals surface area contributed by atoms with E-state index in [9.17, 15) is 9.59 Å². The van der Waals surface area contributed by atoms with Crippen molar-refractivity contribution < 1.29 is 19.1 Å². The Balaban J connectivity index is 2.49. The van der Waals surface area contributed by atoms with E-state index < -0.39 is 6.04 Å². The second-order valence-corrected chi connectivity index (χ2v) is 4.67. The summed E-state index contributed by atoms with van der Waals surface area (Å²) in [5, 5.41) is 3.07. The summed E-state index contributed by atoms with van der Waals surface area (Å²) in [6.45, 7) is 4.61. The lowest BCUT2D eigenvalue weighted by Crippen LogP contribution is -2.44. The van der Waals surface area contributed by atoms with Gasteiger partial charge in [0.2, 0.25) is 11.8 Å². The summed E-state index contributed by atoms with van der Waals surface area (Å²) in [6.07, 6.45) is 0.103. The highest BCUT2D eigenvalue weighted by molar-refractivity contribution is 6.05. The molecule has 0 radical (unpaired) electrons. The van der Waals surface area contributed by atoms with E-state index in [-0.39, 0.29) is 30.4 Å². The van der Waals surface area contributed by atoms with Crippen molar-refractivity contribution in [3.63, 3.8) is 0 Å². The van der Waals surface area contributed by atoms with Gasteiger partial charge < -0.3 is 14.8 Å². The molecule has 2 amide bonds. The summed E-state index contributed by atoms with van der Waals surface area (Å²) in [5.41, 5.74) is 0. The van der Waals surface area contributed by atoms with Crippen LogP contribution in [0.25, 0.3) is 0 Å². The average molecular weight is 258 g/mol. The first kappa shape index (κ1) is 15.1. The summed E-state index contributed by atoms with van der Waals surface area (Å²) in [4.78, 5) is 25.0. The second kappa shape index (κ2) is 6.82. The van der Waals surface area contributed by atoms with Gasteiger partial charge in [0.15, 0.2) is 0 Å². The van der Waals surface area contributed by atoms with E-state index in [1.54, 1.807) is 14.2 Å². The van der Waals surface area contributed by atoms with E-state index in [0.29, 0.717) is 13.2 Å². The highest BCUT2D eigenvalue weighted by Gasteiger charge is 2.39. The molecule has 0 bridgehead atoms. The number of ether oxygens (including phenoxy) is 2. The monoisotopic (exact) mass is 258 g/mol. The fraction of sp³-hybridized carbons (Fsp3) is 0.833. The van der Waals surface area contributed by atoms with E-state index in [4.69, 9.17) is 9.47 Å². The topological polar surface area (TPSA) is 67.9 Å². The van der Waals surface area contributed by atoms with Crippen molar-refractivity contribution in [2.24, 2.45) is 0 Å². The maximum absolute atomic E-state index is 12.0. The summed E-state index contributed by atoms with van der Waals surface area (Å²) in [5.74, 6) is -0.268. The molecule has 1 N–H and O–H groups in total. The van der Waals surface area contributed by atoms with Gasteiger partial charge in [-0.25, -0.2) is 0 Å². The van der Waals surface area contributed by atoms with Crippen LogP contribution >= 0.6 is 0 Å². The van der Waals surface area contributed by atoms with Gasteiger partial charge in [-0.05, 0) is 13.8 Å². The Morgan fingerprint density at radius 3 is 2.50 bits per heavy atom. The first-order valence-corrected chi connectivity index (χ1v) is 6.12. The number of carbonyl (C=O) groups excluding carboxylic acids is 2. The van der Waals surface area contributed by atoms with E-state index in [1.807, 2.05) is 13.8 Å². The molecule has 1 heterocycles. The van der Waals surface area contributed by atoms with Gasteiger partial charge in [0.25, 0.3) is 0 Å². The third kappa shape index (κ3) is 3.51. The molecule has 1 aliphatic heterocycles. The van der Waals surface area contributed by atoms with Crippen LogP contribution in [-0.2, 0) is 19.1 Å². The molecule has 1 aliphatic rings. The molecule has 6 heteroatoms. The Hall–Kier alpha value is -0.980. The quantitative estimate of drug-likeness (QED) is 0.639. The van der Waals surface area contributed by atoms with Crippen molar-refractivity contribution in [3.8, 4) is 0 Å². The standard InChI is InChI=1S/C12H22N2O4/c1-8(2)14-11(15)5-10(12(14)16)13-6-9(18-4)7-17-3/h8-10,13H,5-7H2,1-4H3. The van der Waals surface area contributed by atoms with Gasteiger partial charge in [-0.2, -0.15) is 0 Å². The SMILES string of the molecule is COCC(CNC1CC(=O)N(C(C)C)C1=O)OC. The predicted octanol–water partition coefficient (Wildman–Crippen LogP) is -0.227. The highest BCUT2D eigenvalue weighted by atomic mass is 16.5.